The van der Waals surface area contributed by atoms with E-state index in [-0.39, 0.29) is 0 Å². The summed E-state index contributed by atoms with van der Waals surface area (Å²) in [6.07, 6.45) is 6.61. The van der Waals surface area contributed by atoms with Gasteiger partial charge in [0.1, 0.15) is 18.1 Å². The third kappa shape index (κ3) is 3.67. The van der Waals surface area contributed by atoms with Gasteiger partial charge in [-0.15, -0.1) is 0 Å². The lowest BCUT2D eigenvalue weighted by Gasteiger charge is -2.06. The number of benzene rings is 1. The predicted molar refractivity (Wildman–Crippen MR) is 83.5 cm³/mol. The van der Waals surface area contributed by atoms with E-state index in [1.54, 1.807) is 0 Å². The van der Waals surface area contributed by atoms with Crippen LogP contribution in [0.25, 0.3) is 0 Å². The topological polar surface area (TPSA) is 34.4 Å². The average molecular weight is 285 g/mol. The smallest absolute Gasteiger partial charge is 0.146 e. The molecule has 0 unspecified atom stereocenters. The summed E-state index contributed by atoms with van der Waals surface area (Å²) < 4.78 is 11.4. The lowest BCUT2D eigenvalue weighted by atomic mass is 10.1. The predicted octanol–water partition coefficient (Wildman–Crippen LogP) is 3.85. The Morgan fingerprint density at radius 1 is 1.19 bits per heavy atom. The van der Waals surface area contributed by atoms with Crippen LogP contribution in [0.15, 0.2) is 34.9 Å². The third-order valence-electron chi connectivity index (χ3n) is 3.92. The normalized spacial score (nSPS) is 13.4. The molecule has 1 aliphatic rings. The largest absolute Gasteiger partial charge is 0.486 e. The molecular weight excluding hydrogens is 262 g/mol. The second-order valence-electron chi connectivity index (χ2n) is 5.67. The van der Waals surface area contributed by atoms with E-state index >= 15 is 0 Å². The van der Waals surface area contributed by atoms with Crippen LogP contribution in [-0.2, 0) is 26.0 Å². The molecule has 21 heavy (non-hydrogen) atoms. The molecule has 1 heterocycles. The van der Waals surface area contributed by atoms with Gasteiger partial charge in [-0.1, -0.05) is 13.0 Å². The van der Waals surface area contributed by atoms with E-state index < -0.39 is 0 Å². The van der Waals surface area contributed by atoms with Crippen LogP contribution in [0.4, 0.5) is 0 Å². The average Bonchev–Trinajstić information content (AvgIpc) is 3.13. The van der Waals surface area contributed by atoms with Gasteiger partial charge in [-0.25, -0.2) is 0 Å². The standard InChI is InChI=1S/C18H23NO2/c1-2-8-19-11-14-9-18(20-12-14)13-21-17-7-6-15-4-3-5-16(15)10-17/h6-7,9-10,12,19H,2-5,8,11,13H2,1H3. The van der Waals surface area contributed by atoms with Gasteiger partial charge in [0.05, 0.1) is 6.26 Å². The van der Waals surface area contributed by atoms with Crippen molar-refractivity contribution in [1.82, 2.24) is 5.32 Å². The molecular formula is C18H23NO2. The van der Waals surface area contributed by atoms with Gasteiger partial charge in [0.2, 0.25) is 0 Å². The highest BCUT2D eigenvalue weighted by Crippen LogP contribution is 2.26. The lowest BCUT2D eigenvalue weighted by Crippen LogP contribution is -2.13. The summed E-state index contributed by atoms with van der Waals surface area (Å²) in [4.78, 5) is 0. The van der Waals surface area contributed by atoms with E-state index in [4.69, 9.17) is 9.15 Å². The Labute approximate surface area is 126 Å². The van der Waals surface area contributed by atoms with Crippen molar-refractivity contribution in [2.24, 2.45) is 0 Å². The van der Waals surface area contributed by atoms with E-state index in [1.165, 1.54) is 36.0 Å². The highest BCUT2D eigenvalue weighted by Gasteiger charge is 2.11. The van der Waals surface area contributed by atoms with Crippen LogP contribution in [0.3, 0.4) is 0 Å². The summed E-state index contributed by atoms with van der Waals surface area (Å²) in [6, 6.07) is 8.50. The van der Waals surface area contributed by atoms with Gasteiger partial charge in [-0.05, 0) is 61.6 Å². The first-order valence-corrected chi connectivity index (χ1v) is 7.87. The van der Waals surface area contributed by atoms with Crippen LogP contribution >= 0.6 is 0 Å². The fraction of sp³-hybridized carbons (Fsp3) is 0.444. The fourth-order valence-corrected chi connectivity index (χ4v) is 2.80. The monoisotopic (exact) mass is 285 g/mol. The minimum Gasteiger partial charge on any atom is -0.486 e. The first-order valence-electron chi connectivity index (χ1n) is 7.87. The Kier molecular flexibility index (Phi) is 4.61. The summed E-state index contributed by atoms with van der Waals surface area (Å²) in [6.45, 7) is 4.55. The van der Waals surface area contributed by atoms with Gasteiger partial charge in [-0.3, -0.25) is 0 Å². The van der Waals surface area contributed by atoms with Gasteiger partial charge in [-0.2, -0.15) is 0 Å². The van der Waals surface area contributed by atoms with Crippen LogP contribution in [0.5, 0.6) is 5.75 Å². The number of hydrogen-bond acceptors (Lipinski definition) is 3. The lowest BCUT2D eigenvalue weighted by molar-refractivity contribution is 0.270. The molecule has 0 saturated carbocycles. The van der Waals surface area contributed by atoms with Gasteiger partial charge in [0.15, 0.2) is 0 Å². The summed E-state index contributed by atoms with van der Waals surface area (Å²) >= 11 is 0. The molecule has 1 aromatic heterocycles. The summed E-state index contributed by atoms with van der Waals surface area (Å²) in [7, 11) is 0. The van der Waals surface area contributed by atoms with Gasteiger partial charge in [0, 0.05) is 12.1 Å². The van der Waals surface area contributed by atoms with E-state index in [0.29, 0.717) is 6.61 Å². The van der Waals surface area contributed by atoms with Crippen LogP contribution in [0.1, 0.15) is 42.2 Å². The quantitative estimate of drug-likeness (QED) is 0.785. The van der Waals surface area contributed by atoms with Crippen molar-refractivity contribution in [3.8, 4) is 5.75 Å². The van der Waals surface area contributed by atoms with Crippen molar-refractivity contribution in [2.45, 2.75) is 45.8 Å². The Bertz CT molecular complexity index is 589. The summed E-state index contributed by atoms with van der Waals surface area (Å²) in [5.74, 6) is 1.82. The Morgan fingerprint density at radius 3 is 3.00 bits per heavy atom. The zero-order chi connectivity index (χ0) is 14.5. The highest BCUT2D eigenvalue weighted by atomic mass is 16.5. The van der Waals surface area contributed by atoms with Crippen LogP contribution < -0.4 is 10.1 Å². The SMILES string of the molecule is CCCNCc1coc(COc2ccc3c(c2)CCC3)c1. The molecule has 0 atom stereocenters. The number of aryl methyl sites for hydroxylation is 2. The molecule has 1 aromatic carbocycles. The summed E-state index contributed by atoms with van der Waals surface area (Å²) in [5, 5.41) is 3.37. The molecule has 1 N–H and O–H groups in total. The maximum absolute atomic E-state index is 5.84. The third-order valence-corrected chi connectivity index (χ3v) is 3.92. The van der Waals surface area contributed by atoms with E-state index in [0.717, 1.165) is 31.0 Å². The minimum absolute atomic E-state index is 0.493. The number of hydrogen-bond donors (Lipinski definition) is 1. The van der Waals surface area contributed by atoms with Crippen molar-refractivity contribution < 1.29 is 9.15 Å². The number of ether oxygens (including phenoxy) is 1. The molecule has 2 aromatic rings. The van der Waals surface area contributed by atoms with Crippen molar-refractivity contribution in [3.05, 3.63) is 53.0 Å². The van der Waals surface area contributed by atoms with Crippen LogP contribution in [-0.4, -0.2) is 6.54 Å². The Morgan fingerprint density at radius 2 is 2.10 bits per heavy atom. The van der Waals surface area contributed by atoms with E-state index in [2.05, 4.69) is 36.5 Å². The molecule has 0 amide bonds. The van der Waals surface area contributed by atoms with Crippen molar-refractivity contribution >= 4 is 0 Å². The van der Waals surface area contributed by atoms with E-state index in [1.807, 2.05) is 6.26 Å². The highest BCUT2D eigenvalue weighted by molar-refractivity contribution is 5.38. The zero-order valence-electron chi connectivity index (χ0n) is 12.7. The fourth-order valence-electron chi connectivity index (χ4n) is 2.80. The maximum Gasteiger partial charge on any atom is 0.146 e. The Balaban J connectivity index is 1.53. The molecule has 3 heteroatoms. The molecule has 0 saturated heterocycles. The zero-order valence-corrected chi connectivity index (χ0v) is 12.7. The molecule has 0 aliphatic heterocycles. The molecule has 1 aliphatic carbocycles. The molecule has 0 bridgehead atoms. The maximum atomic E-state index is 5.84. The second kappa shape index (κ2) is 6.81. The molecule has 0 spiro atoms. The molecule has 112 valence electrons. The van der Waals surface area contributed by atoms with Crippen molar-refractivity contribution in [3.63, 3.8) is 0 Å². The molecule has 0 radical (unpaired) electrons. The molecule has 3 nitrogen and oxygen atoms in total. The van der Waals surface area contributed by atoms with Crippen molar-refractivity contribution in [2.75, 3.05) is 6.54 Å². The van der Waals surface area contributed by atoms with Crippen LogP contribution in [0.2, 0.25) is 0 Å². The molecule has 0 fully saturated rings. The van der Waals surface area contributed by atoms with Gasteiger partial charge < -0.3 is 14.5 Å². The number of nitrogens with one attached hydrogen (secondary N) is 1. The van der Waals surface area contributed by atoms with Gasteiger partial charge >= 0.3 is 0 Å². The van der Waals surface area contributed by atoms with Gasteiger partial charge in [0.25, 0.3) is 0 Å². The van der Waals surface area contributed by atoms with E-state index in [9.17, 15) is 0 Å². The van der Waals surface area contributed by atoms with Crippen LogP contribution in [0, 0.1) is 0 Å². The second-order valence-corrected chi connectivity index (χ2v) is 5.67. The number of furan rings is 1. The minimum atomic E-state index is 0.493. The number of fused-ring (bicyclic) bond motifs is 1. The first kappa shape index (κ1) is 14.2. The number of rotatable bonds is 7. The molecule has 3 rings (SSSR count). The van der Waals surface area contributed by atoms with Crippen molar-refractivity contribution in [1.29, 1.82) is 0 Å². The Hall–Kier alpha value is -1.74. The first-order chi connectivity index (χ1) is 10.3. The summed E-state index contributed by atoms with van der Waals surface area (Å²) in [5.41, 5.74) is 4.09.